The van der Waals surface area contributed by atoms with Crippen molar-refractivity contribution in [2.75, 3.05) is 0 Å². The Hall–Kier alpha value is -3.44. The summed E-state index contributed by atoms with van der Waals surface area (Å²) < 4.78 is 5.24. The smallest absolute Gasteiger partial charge is 0.281 e. The normalized spacial score (nSPS) is 12.3. The van der Waals surface area contributed by atoms with Gasteiger partial charge in [0.2, 0.25) is 0 Å². The number of furan rings is 1. The lowest BCUT2D eigenvalue weighted by Gasteiger charge is -2.27. The molecule has 0 unspecified atom stereocenters. The van der Waals surface area contributed by atoms with Gasteiger partial charge in [-0.05, 0) is 41.8 Å². The van der Waals surface area contributed by atoms with Crippen molar-refractivity contribution in [3.05, 3.63) is 102 Å². The van der Waals surface area contributed by atoms with Crippen LogP contribution in [-0.4, -0.2) is 17.2 Å². The van der Waals surface area contributed by atoms with Crippen LogP contribution in [-0.2, 0) is 10.4 Å². The first-order valence-electron chi connectivity index (χ1n) is 8.49. The maximum absolute atomic E-state index is 12.9. The van der Waals surface area contributed by atoms with Crippen molar-refractivity contribution < 1.29 is 14.3 Å². The number of hydrogen-bond donors (Lipinski definition) is 2. The van der Waals surface area contributed by atoms with Gasteiger partial charge in [0.05, 0.1) is 12.5 Å². The molecule has 0 radical (unpaired) electrons. The Kier molecular flexibility index (Phi) is 5.64. The SMILES string of the molecule is CC(/C=N/NC(=O)C(O)(c1ccccc1)c1ccccc1)=C\c1ccco1. The largest absolute Gasteiger partial charge is 0.465 e. The summed E-state index contributed by atoms with van der Waals surface area (Å²) in [6, 6.07) is 21.2. The van der Waals surface area contributed by atoms with E-state index in [4.69, 9.17) is 4.42 Å². The molecule has 0 atom stereocenters. The van der Waals surface area contributed by atoms with Gasteiger partial charge >= 0.3 is 0 Å². The molecular weight excluding hydrogens is 340 g/mol. The number of carbonyl (C=O) groups is 1. The molecule has 0 aliphatic carbocycles. The molecule has 3 aromatic rings. The Labute approximate surface area is 157 Å². The summed E-state index contributed by atoms with van der Waals surface area (Å²) in [6.07, 6.45) is 4.87. The third-order valence-electron chi connectivity index (χ3n) is 4.06. The third-order valence-corrected chi connectivity index (χ3v) is 4.06. The number of aliphatic hydroxyl groups is 1. The van der Waals surface area contributed by atoms with Crippen LogP contribution < -0.4 is 5.43 Å². The lowest BCUT2D eigenvalue weighted by atomic mass is 9.85. The van der Waals surface area contributed by atoms with Gasteiger partial charge in [0.15, 0.2) is 5.60 Å². The zero-order valence-corrected chi connectivity index (χ0v) is 14.9. The molecule has 5 nitrogen and oxygen atoms in total. The van der Waals surface area contributed by atoms with Gasteiger partial charge in [-0.1, -0.05) is 60.7 Å². The van der Waals surface area contributed by atoms with Gasteiger partial charge in [0, 0.05) is 0 Å². The molecule has 0 aliphatic heterocycles. The molecule has 1 amide bonds. The number of benzene rings is 2. The molecule has 3 rings (SSSR count). The van der Waals surface area contributed by atoms with Crippen LogP contribution in [0, 0.1) is 0 Å². The summed E-state index contributed by atoms with van der Waals surface area (Å²) in [5.41, 5.74) is 2.31. The van der Waals surface area contributed by atoms with Crippen LogP contribution >= 0.6 is 0 Å². The highest BCUT2D eigenvalue weighted by atomic mass is 16.3. The molecule has 5 heteroatoms. The van der Waals surface area contributed by atoms with Gasteiger partial charge < -0.3 is 9.52 Å². The van der Waals surface area contributed by atoms with Gasteiger partial charge in [-0.25, -0.2) is 5.43 Å². The zero-order valence-electron chi connectivity index (χ0n) is 14.9. The van der Waals surface area contributed by atoms with E-state index in [0.717, 1.165) is 5.57 Å². The number of nitrogens with one attached hydrogen (secondary N) is 1. The number of nitrogens with zero attached hydrogens (tertiary/aromatic N) is 1. The summed E-state index contributed by atoms with van der Waals surface area (Å²) in [7, 11) is 0. The Morgan fingerprint density at radius 1 is 1.00 bits per heavy atom. The minimum Gasteiger partial charge on any atom is -0.465 e. The zero-order chi connectivity index (χ0) is 19.1. The van der Waals surface area contributed by atoms with Gasteiger partial charge in [-0.3, -0.25) is 4.79 Å². The van der Waals surface area contributed by atoms with Crippen LogP contribution in [0.15, 0.2) is 94.2 Å². The highest BCUT2D eigenvalue weighted by molar-refractivity contribution is 5.91. The van der Waals surface area contributed by atoms with Crippen LogP contribution in [0.1, 0.15) is 23.8 Å². The van der Waals surface area contributed by atoms with Crippen LogP contribution in [0.3, 0.4) is 0 Å². The Morgan fingerprint density at radius 2 is 1.59 bits per heavy atom. The van der Waals surface area contributed by atoms with Gasteiger partial charge in [0.1, 0.15) is 5.76 Å². The van der Waals surface area contributed by atoms with E-state index in [-0.39, 0.29) is 0 Å². The molecule has 0 saturated carbocycles. The Morgan fingerprint density at radius 3 is 2.11 bits per heavy atom. The molecule has 0 aliphatic rings. The van der Waals surface area contributed by atoms with Crippen LogP contribution in [0.4, 0.5) is 0 Å². The van der Waals surface area contributed by atoms with Gasteiger partial charge in [-0.15, -0.1) is 0 Å². The predicted octanol–water partition coefficient (Wildman–Crippen LogP) is 3.72. The molecule has 0 bridgehead atoms. The number of amides is 1. The van der Waals surface area contributed by atoms with E-state index in [1.165, 1.54) is 6.21 Å². The summed E-state index contributed by atoms with van der Waals surface area (Å²) in [5, 5.41) is 15.3. The molecule has 2 N–H and O–H groups in total. The second-order valence-corrected chi connectivity index (χ2v) is 6.05. The number of carbonyl (C=O) groups excluding carboxylic acids is 1. The summed E-state index contributed by atoms with van der Waals surface area (Å²) in [5.74, 6) is 0.0531. The minimum atomic E-state index is -1.85. The Bertz CT molecular complexity index is 891. The minimum absolute atomic E-state index is 0.465. The van der Waals surface area contributed by atoms with Crippen LogP contribution in [0.2, 0.25) is 0 Å². The number of allylic oxidation sites excluding steroid dienone is 1. The number of hydrogen-bond acceptors (Lipinski definition) is 4. The van der Waals surface area contributed by atoms with Gasteiger partial charge in [0.25, 0.3) is 5.91 Å². The quantitative estimate of drug-likeness (QED) is 0.520. The first-order valence-corrected chi connectivity index (χ1v) is 8.49. The van der Waals surface area contributed by atoms with E-state index in [9.17, 15) is 9.90 Å². The molecule has 0 spiro atoms. The third kappa shape index (κ3) is 4.22. The van der Waals surface area contributed by atoms with Gasteiger partial charge in [-0.2, -0.15) is 5.10 Å². The molecule has 0 saturated heterocycles. The summed E-state index contributed by atoms with van der Waals surface area (Å²) >= 11 is 0. The van der Waals surface area contributed by atoms with E-state index in [0.29, 0.717) is 16.9 Å². The van der Waals surface area contributed by atoms with Crippen molar-refractivity contribution in [2.45, 2.75) is 12.5 Å². The highest BCUT2D eigenvalue weighted by Crippen LogP contribution is 2.29. The second kappa shape index (κ2) is 8.29. The molecular formula is C22H20N2O3. The topological polar surface area (TPSA) is 74.8 Å². The van der Waals surface area contributed by atoms with Crippen molar-refractivity contribution in [1.82, 2.24) is 5.43 Å². The van der Waals surface area contributed by atoms with Crippen molar-refractivity contribution in [3.63, 3.8) is 0 Å². The Balaban J connectivity index is 1.83. The number of rotatable bonds is 6. The van der Waals surface area contributed by atoms with E-state index in [2.05, 4.69) is 10.5 Å². The molecule has 0 fully saturated rings. The monoisotopic (exact) mass is 360 g/mol. The van der Waals surface area contributed by atoms with E-state index in [1.54, 1.807) is 66.9 Å². The van der Waals surface area contributed by atoms with Crippen molar-refractivity contribution in [1.29, 1.82) is 0 Å². The van der Waals surface area contributed by atoms with Crippen molar-refractivity contribution in [3.8, 4) is 0 Å². The maximum atomic E-state index is 12.9. The maximum Gasteiger partial charge on any atom is 0.281 e. The molecule has 1 heterocycles. The first-order chi connectivity index (χ1) is 13.1. The highest BCUT2D eigenvalue weighted by Gasteiger charge is 2.39. The predicted molar refractivity (Wildman–Crippen MR) is 105 cm³/mol. The van der Waals surface area contributed by atoms with E-state index < -0.39 is 11.5 Å². The first kappa shape index (κ1) is 18.4. The fourth-order valence-corrected chi connectivity index (χ4v) is 2.70. The molecule has 136 valence electrons. The molecule has 27 heavy (non-hydrogen) atoms. The second-order valence-electron chi connectivity index (χ2n) is 6.05. The number of hydrazone groups is 1. The van der Waals surface area contributed by atoms with Crippen molar-refractivity contribution >= 4 is 18.2 Å². The van der Waals surface area contributed by atoms with E-state index >= 15 is 0 Å². The average Bonchev–Trinajstić information content (AvgIpc) is 3.21. The van der Waals surface area contributed by atoms with Crippen molar-refractivity contribution in [2.24, 2.45) is 5.10 Å². The molecule has 1 aromatic heterocycles. The van der Waals surface area contributed by atoms with Crippen LogP contribution in [0.25, 0.3) is 6.08 Å². The lowest BCUT2D eigenvalue weighted by molar-refractivity contribution is -0.136. The fraction of sp³-hybridized carbons (Fsp3) is 0.0909. The molecule has 2 aromatic carbocycles. The lowest BCUT2D eigenvalue weighted by Crippen LogP contribution is -2.43. The van der Waals surface area contributed by atoms with Crippen LogP contribution in [0.5, 0.6) is 0 Å². The standard InChI is InChI=1S/C22H20N2O3/c1-17(15-20-13-8-14-27-20)16-23-24-21(25)22(26,18-9-4-2-5-10-18)19-11-6-3-7-12-19/h2-16,26H,1H3,(H,24,25)/b17-15+,23-16+. The van der Waals surface area contributed by atoms with E-state index in [1.807, 2.05) is 25.1 Å². The average molecular weight is 360 g/mol. The summed E-state index contributed by atoms with van der Waals surface area (Å²) in [6.45, 7) is 1.83. The fourth-order valence-electron chi connectivity index (χ4n) is 2.70. The summed E-state index contributed by atoms with van der Waals surface area (Å²) in [4.78, 5) is 12.9.